The van der Waals surface area contributed by atoms with Crippen molar-refractivity contribution in [3.05, 3.63) is 92.8 Å². The summed E-state index contributed by atoms with van der Waals surface area (Å²) in [7, 11) is 0. The molecule has 1 heterocycles. The molecule has 30 heavy (non-hydrogen) atoms. The number of amidine groups is 1. The summed E-state index contributed by atoms with van der Waals surface area (Å²) in [6.07, 6.45) is 1.78. The molecule has 1 aliphatic rings. The van der Waals surface area contributed by atoms with E-state index in [0.717, 1.165) is 32.5 Å². The van der Waals surface area contributed by atoms with Gasteiger partial charge in [0.1, 0.15) is 5.75 Å². The number of nitrogens with zero attached hydrogens (tertiary/aromatic N) is 2. The van der Waals surface area contributed by atoms with E-state index in [4.69, 9.17) is 4.99 Å². The smallest absolute Gasteiger partial charge is 0.271 e. The van der Waals surface area contributed by atoms with Gasteiger partial charge in [-0.05, 0) is 78.7 Å². The van der Waals surface area contributed by atoms with Crippen molar-refractivity contribution in [2.45, 2.75) is 13.8 Å². The Morgan fingerprint density at radius 3 is 2.43 bits per heavy atom. The van der Waals surface area contributed by atoms with Gasteiger partial charge in [-0.3, -0.25) is 9.69 Å². The number of benzene rings is 3. The maximum atomic E-state index is 13.4. The van der Waals surface area contributed by atoms with Crippen LogP contribution in [-0.2, 0) is 4.79 Å². The largest absolute Gasteiger partial charge is 0.508 e. The number of halogens is 1. The van der Waals surface area contributed by atoms with Crippen molar-refractivity contribution in [2.75, 3.05) is 4.90 Å². The standard InChI is InChI=1S/C24H19BrN2O2S/c1-15-7-3-5-9-20(15)26-24-27(21-10-6-4-8-16(21)2)23(29)22(30-24)14-17-13-18(28)11-12-19(17)25/h3-14,28H,1-2H3/b22-14+,26-24?. The van der Waals surface area contributed by atoms with Gasteiger partial charge in [-0.25, -0.2) is 4.99 Å². The van der Waals surface area contributed by atoms with Crippen LogP contribution in [0.2, 0.25) is 0 Å². The molecule has 0 radical (unpaired) electrons. The lowest BCUT2D eigenvalue weighted by molar-refractivity contribution is -0.113. The van der Waals surface area contributed by atoms with Gasteiger partial charge in [0.05, 0.1) is 16.3 Å². The number of aromatic hydroxyl groups is 1. The molecule has 1 aliphatic heterocycles. The van der Waals surface area contributed by atoms with E-state index >= 15 is 0 Å². The van der Waals surface area contributed by atoms with E-state index in [9.17, 15) is 9.90 Å². The van der Waals surface area contributed by atoms with Crippen LogP contribution in [0.3, 0.4) is 0 Å². The number of aliphatic imine (C=N–C) groups is 1. The highest BCUT2D eigenvalue weighted by atomic mass is 79.9. The van der Waals surface area contributed by atoms with Gasteiger partial charge in [-0.1, -0.05) is 52.3 Å². The Hall–Kier alpha value is -2.83. The molecule has 4 nitrogen and oxygen atoms in total. The van der Waals surface area contributed by atoms with Crippen LogP contribution in [-0.4, -0.2) is 16.2 Å². The van der Waals surface area contributed by atoms with Crippen LogP contribution >= 0.6 is 27.7 Å². The van der Waals surface area contributed by atoms with Crippen molar-refractivity contribution < 1.29 is 9.90 Å². The third-order valence-electron chi connectivity index (χ3n) is 4.76. The summed E-state index contributed by atoms with van der Waals surface area (Å²) in [6.45, 7) is 3.98. The van der Waals surface area contributed by atoms with E-state index in [1.165, 1.54) is 11.8 Å². The first-order valence-electron chi connectivity index (χ1n) is 9.36. The number of phenolic OH excluding ortho intramolecular Hbond substituents is 1. The van der Waals surface area contributed by atoms with Gasteiger partial charge in [-0.2, -0.15) is 0 Å². The summed E-state index contributed by atoms with van der Waals surface area (Å²) in [4.78, 5) is 20.4. The molecular formula is C24H19BrN2O2S. The van der Waals surface area contributed by atoms with E-state index < -0.39 is 0 Å². The number of hydrogen-bond donors (Lipinski definition) is 1. The Balaban J connectivity index is 1.84. The normalized spacial score (nSPS) is 16.6. The Morgan fingerprint density at radius 1 is 1.00 bits per heavy atom. The molecule has 150 valence electrons. The zero-order valence-corrected chi connectivity index (χ0v) is 18.9. The van der Waals surface area contributed by atoms with Crippen LogP contribution in [0.4, 0.5) is 11.4 Å². The van der Waals surface area contributed by atoms with Crippen LogP contribution < -0.4 is 4.90 Å². The molecule has 1 N–H and O–H groups in total. The Morgan fingerprint density at radius 2 is 1.70 bits per heavy atom. The fraction of sp³-hybridized carbons (Fsp3) is 0.0833. The minimum atomic E-state index is -0.142. The minimum Gasteiger partial charge on any atom is -0.508 e. The summed E-state index contributed by atoms with van der Waals surface area (Å²) in [5, 5.41) is 10.4. The van der Waals surface area contributed by atoms with Crippen molar-refractivity contribution in [3.63, 3.8) is 0 Å². The second-order valence-electron chi connectivity index (χ2n) is 6.92. The second kappa shape index (κ2) is 8.50. The monoisotopic (exact) mass is 478 g/mol. The number of anilines is 1. The first-order chi connectivity index (χ1) is 14.4. The van der Waals surface area contributed by atoms with E-state index in [2.05, 4.69) is 15.9 Å². The van der Waals surface area contributed by atoms with E-state index in [0.29, 0.717) is 10.1 Å². The first-order valence-corrected chi connectivity index (χ1v) is 11.0. The quantitative estimate of drug-likeness (QED) is 0.432. The molecule has 4 rings (SSSR count). The summed E-state index contributed by atoms with van der Waals surface area (Å²) in [5.74, 6) is 0.00179. The second-order valence-corrected chi connectivity index (χ2v) is 8.79. The first kappa shape index (κ1) is 20.4. The minimum absolute atomic E-state index is 0.142. The van der Waals surface area contributed by atoms with Crippen LogP contribution in [0.1, 0.15) is 16.7 Å². The maximum absolute atomic E-state index is 13.4. The molecule has 1 fully saturated rings. The summed E-state index contributed by atoms with van der Waals surface area (Å²) >= 11 is 4.82. The molecule has 0 spiro atoms. The van der Waals surface area contributed by atoms with Crippen molar-refractivity contribution >= 4 is 56.2 Å². The van der Waals surface area contributed by atoms with Gasteiger partial charge in [0.2, 0.25) is 0 Å². The zero-order chi connectivity index (χ0) is 21.3. The van der Waals surface area contributed by atoms with E-state index in [1.54, 1.807) is 29.2 Å². The van der Waals surface area contributed by atoms with Crippen molar-refractivity contribution in [1.29, 1.82) is 0 Å². The number of amides is 1. The van der Waals surface area contributed by atoms with Crippen molar-refractivity contribution in [2.24, 2.45) is 4.99 Å². The third kappa shape index (κ3) is 4.06. The molecule has 6 heteroatoms. The van der Waals surface area contributed by atoms with Gasteiger partial charge in [-0.15, -0.1) is 0 Å². The maximum Gasteiger partial charge on any atom is 0.271 e. The zero-order valence-electron chi connectivity index (χ0n) is 16.5. The average molecular weight is 479 g/mol. The Labute approximate surface area is 188 Å². The van der Waals surface area contributed by atoms with E-state index in [-0.39, 0.29) is 11.7 Å². The SMILES string of the molecule is Cc1ccccc1N=C1S/C(=C/c2cc(O)ccc2Br)C(=O)N1c1ccccc1C. The van der Waals surface area contributed by atoms with Crippen molar-refractivity contribution in [3.8, 4) is 5.75 Å². The molecule has 3 aromatic rings. The number of hydrogen-bond acceptors (Lipinski definition) is 4. The highest BCUT2D eigenvalue weighted by molar-refractivity contribution is 9.10. The van der Waals surface area contributed by atoms with Crippen LogP contribution in [0.15, 0.2) is 81.1 Å². The van der Waals surface area contributed by atoms with Gasteiger partial charge < -0.3 is 5.11 Å². The predicted molar refractivity (Wildman–Crippen MR) is 128 cm³/mol. The molecule has 1 saturated heterocycles. The van der Waals surface area contributed by atoms with Crippen LogP contribution in [0.5, 0.6) is 5.75 Å². The van der Waals surface area contributed by atoms with Gasteiger partial charge in [0, 0.05) is 4.47 Å². The van der Waals surface area contributed by atoms with Crippen molar-refractivity contribution in [1.82, 2.24) is 0 Å². The predicted octanol–water partition coefficient (Wildman–Crippen LogP) is 6.58. The highest BCUT2D eigenvalue weighted by Gasteiger charge is 2.35. The Bertz CT molecular complexity index is 1200. The fourth-order valence-corrected chi connectivity index (χ4v) is 4.49. The van der Waals surface area contributed by atoms with Crippen LogP contribution in [0.25, 0.3) is 6.08 Å². The fourth-order valence-electron chi connectivity index (χ4n) is 3.15. The molecule has 0 bridgehead atoms. The number of rotatable bonds is 3. The lowest BCUT2D eigenvalue weighted by Gasteiger charge is -2.18. The summed E-state index contributed by atoms with van der Waals surface area (Å²) in [6, 6.07) is 20.6. The lowest BCUT2D eigenvalue weighted by atomic mass is 10.1. The number of aryl methyl sites for hydroxylation is 2. The molecule has 0 aromatic heterocycles. The topological polar surface area (TPSA) is 52.9 Å². The van der Waals surface area contributed by atoms with Gasteiger partial charge in [0.25, 0.3) is 5.91 Å². The lowest BCUT2D eigenvalue weighted by Crippen LogP contribution is -2.29. The summed E-state index contributed by atoms with van der Waals surface area (Å²) < 4.78 is 0.799. The molecule has 0 unspecified atom stereocenters. The molecule has 0 atom stereocenters. The number of para-hydroxylation sites is 2. The third-order valence-corrected chi connectivity index (χ3v) is 6.45. The molecule has 0 aliphatic carbocycles. The Kier molecular flexibility index (Phi) is 5.79. The van der Waals surface area contributed by atoms with Gasteiger partial charge in [0.15, 0.2) is 5.17 Å². The molecule has 1 amide bonds. The number of thioether (sulfide) groups is 1. The molecule has 0 saturated carbocycles. The van der Waals surface area contributed by atoms with E-state index in [1.807, 2.05) is 62.4 Å². The summed E-state index contributed by atoms with van der Waals surface area (Å²) in [5.41, 5.74) is 4.39. The number of carbonyl (C=O) groups excluding carboxylic acids is 1. The number of phenols is 1. The average Bonchev–Trinajstić information content (AvgIpc) is 3.02. The van der Waals surface area contributed by atoms with Crippen LogP contribution in [0, 0.1) is 13.8 Å². The molecule has 3 aromatic carbocycles. The van der Waals surface area contributed by atoms with Gasteiger partial charge >= 0.3 is 0 Å². The molecular weight excluding hydrogens is 460 g/mol. The highest BCUT2D eigenvalue weighted by Crippen LogP contribution is 2.39. The number of carbonyl (C=O) groups is 1.